The van der Waals surface area contributed by atoms with E-state index in [1.54, 1.807) is 25.3 Å². The average molecular weight is 290 g/mol. The summed E-state index contributed by atoms with van der Waals surface area (Å²) in [6.45, 7) is 0.515. The maximum Gasteiger partial charge on any atom is 0.193 e. The Morgan fingerprint density at radius 2 is 2.00 bits per heavy atom. The fourth-order valence-corrected chi connectivity index (χ4v) is 1.83. The number of rotatable bonds is 4. The number of benzene rings is 2. The Morgan fingerprint density at radius 1 is 1.25 bits per heavy atom. The molecule has 5 heteroatoms. The van der Waals surface area contributed by atoms with Crippen LogP contribution in [-0.2, 0) is 6.54 Å². The van der Waals surface area contributed by atoms with E-state index in [1.807, 2.05) is 30.3 Å². The average Bonchev–Trinajstić information content (AvgIpc) is 2.48. The first-order valence-corrected chi connectivity index (χ1v) is 6.51. The van der Waals surface area contributed by atoms with Gasteiger partial charge in [-0.25, -0.2) is 4.99 Å². The minimum Gasteiger partial charge on any atom is -0.497 e. The molecular weight excluding hydrogens is 274 g/mol. The maximum atomic E-state index is 6.09. The number of nitrogens with one attached hydrogen (secondary N) is 1. The highest BCUT2D eigenvalue weighted by Crippen LogP contribution is 2.26. The number of anilines is 1. The second-order valence-electron chi connectivity index (χ2n) is 4.16. The SMILES string of the molecule is COc1ccc(Cl)c(NC(N)=NCc2ccccc2)c1. The fourth-order valence-electron chi connectivity index (χ4n) is 1.66. The van der Waals surface area contributed by atoms with E-state index in [2.05, 4.69) is 10.3 Å². The van der Waals surface area contributed by atoms with Crippen molar-refractivity contribution in [1.29, 1.82) is 0 Å². The number of halogens is 1. The predicted octanol–water partition coefficient (Wildman–Crippen LogP) is 3.28. The van der Waals surface area contributed by atoms with Crippen LogP contribution in [-0.4, -0.2) is 13.1 Å². The van der Waals surface area contributed by atoms with Gasteiger partial charge in [-0.15, -0.1) is 0 Å². The van der Waals surface area contributed by atoms with Gasteiger partial charge >= 0.3 is 0 Å². The topological polar surface area (TPSA) is 59.6 Å². The predicted molar refractivity (Wildman–Crippen MR) is 83.4 cm³/mol. The molecule has 20 heavy (non-hydrogen) atoms. The molecule has 0 aromatic heterocycles. The van der Waals surface area contributed by atoms with Crippen molar-refractivity contribution in [3.8, 4) is 5.75 Å². The molecule has 0 aliphatic heterocycles. The van der Waals surface area contributed by atoms with Gasteiger partial charge in [-0.1, -0.05) is 41.9 Å². The normalized spacial score (nSPS) is 11.2. The summed E-state index contributed by atoms with van der Waals surface area (Å²) in [5, 5.41) is 3.53. The third-order valence-electron chi connectivity index (χ3n) is 2.71. The third-order valence-corrected chi connectivity index (χ3v) is 3.04. The Hall–Kier alpha value is -2.20. The first kappa shape index (κ1) is 14.2. The zero-order valence-electron chi connectivity index (χ0n) is 11.1. The molecule has 2 rings (SSSR count). The molecule has 0 heterocycles. The first-order chi connectivity index (χ1) is 9.69. The van der Waals surface area contributed by atoms with Crippen LogP contribution in [0.1, 0.15) is 5.56 Å². The van der Waals surface area contributed by atoms with E-state index in [1.165, 1.54) is 0 Å². The number of ether oxygens (including phenoxy) is 1. The highest BCUT2D eigenvalue weighted by molar-refractivity contribution is 6.33. The minimum atomic E-state index is 0.309. The van der Waals surface area contributed by atoms with E-state index >= 15 is 0 Å². The molecule has 0 saturated carbocycles. The lowest BCUT2D eigenvalue weighted by Crippen LogP contribution is -2.22. The van der Waals surface area contributed by atoms with Crippen LogP contribution >= 0.6 is 11.6 Å². The largest absolute Gasteiger partial charge is 0.497 e. The Bertz CT molecular complexity index is 599. The molecule has 104 valence electrons. The Morgan fingerprint density at radius 3 is 2.70 bits per heavy atom. The highest BCUT2D eigenvalue weighted by Gasteiger charge is 2.03. The van der Waals surface area contributed by atoms with E-state index in [-0.39, 0.29) is 0 Å². The molecular formula is C15H16ClN3O. The Labute approximate surface area is 123 Å². The van der Waals surface area contributed by atoms with Gasteiger partial charge in [-0.2, -0.15) is 0 Å². The van der Waals surface area contributed by atoms with Gasteiger partial charge in [0.25, 0.3) is 0 Å². The van der Waals surface area contributed by atoms with Gasteiger partial charge in [-0.3, -0.25) is 0 Å². The Kier molecular flexibility index (Phi) is 4.85. The zero-order valence-corrected chi connectivity index (χ0v) is 11.9. The van der Waals surface area contributed by atoms with Crippen LogP contribution in [0.4, 0.5) is 5.69 Å². The number of methoxy groups -OCH3 is 1. The molecule has 2 aromatic rings. The van der Waals surface area contributed by atoms with E-state index < -0.39 is 0 Å². The second kappa shape index (κ2) is 6.82. The number of hydrogen-bond acceptors (Lipinski definition) is 2. The van der Waals surface area contributed by atoms with Gasteiger partial charge in [0, 0.05) is 6.07 Å². The zero-order chi connectivity index (χ0) is 14.4. The molecule has 2 aromatic carbocycles. The van der Waals surface area contributed by atoms with E-state index in [4.69, 9.17) is 22.1 Å². The summed E-state index contributed by atoms with van der Waals surface area (Å²) in [7, 11) is 1.60. The van der Waals surface area contributed by atoms with Gasteiger partial charge in [0.2, 0.25) is 0 Å². The van der Waals surface area contributed by atoms with Crippen LogP contribution in [0.3, 0.4) is 0 Å². The van der Waals surface area contributed by atoms with Crippen LogP contribution in [0.25, 0.3) is 0 Å². The summed E-state index contributed by atoms with van der Waals surface area (Å²) < 4.78 is 5.14. The summed E-state index contributed by atoms with van der Waals surface area (Å²) in [6, 6.07) is 15.2. The smallest absolute Gasteiger partial charge is 0.193 e. The maximum absolute atomic E-state index is 6.09. The lowest BCUT2D eigenvalue weighted by Gasteiger charge is -2.09. The van der Waals surface area contributed by atoms with E-state index in [0.29, 0.717) is 29.0 Å². The van der Waals surface area contributed by atoms with E-state index in [0.717, 1.165) is 5.56 Å². The monoisotopic (exact) mass is 289 g/mol. The molecule has 0 aliphatic rings. The molecule has 0 bridgehead atoms. The third kappa shape index (κ3) is 3.90. The molecule has 0 amide bonds. The van der Waals surface area contributed by atoms with Crippen molar-refractivity contribution >= 4 is 23.2 Å². The molecule has 0 radical (unpaired) electrons. The minimum absolute atomic E-state index is 0.309. The van der Waals surface area contributed by atoms with Crippen LogP contribution in [0.2, 0.25) is 5.02 Å². The molecule has 0 spiro atoms. The van der Waals surface area contributed by atoms with Gasteiger partial charge in [-0.05, 0) is 17.7 Å². The molecule has 0 fully saturated rings. The Balaban J connectivity index is 2.05. The quantitative estimate of drug-likeness (QED) is 0.671. The van der Waals surface area contributed by atoms with Crippen molar-refractivity contribution in [2.75, 3.05) is 12.4 Å². The number of nitrogens with zero attached hydrogens (tertiary/aromatic N) is 1. The van der Waals surface area contributed by atoms with Gasteiger partial charge in [0.1, 0.15) is 5.75 Å². The highest BCUT2D eigenvalue weighted by atomic mass is 35.5. The summed E-state index contributed by atoms with van der Waals surface area (Å²) in [5.41, 5.74) is 7.61. The first-order valence-electron chi connectivity index (χ1n) is 6.13. The molecule has 0 unspecified atom stereocenters. The lowest BCUT2D eigenvalue weighted by molar-refractivity contribution is 0.415. The van der Waals surface area contributed by atoms with Crippen LogP contribution in [0.15, 0.2) is 53.5 Å². The van der Waals surface area contributed by atoms with Crippen LogP contribution in [0.5, 0.6) is 5.75 Å². The number of aliphatic imine (C=N–C) groups is 1. The van der Waals surface area contributed by atoms with Crippen LogP contribution in [0, 0.1) is 0 Å². The fraction of sp³-hybridized carbons (Fsp3) is 0.133. The summed E-state index contributed by atoms with van der Waals surface area (Å²) in [4.78, 5) is 4.27. The molecule has 4 nitrogen and oxygen atoms in total. The summed E-state index contributed by atoms with van der Waals surface area (Å²) >= 11 is 6.09. The number of nitrogens with two attached hydrogens (primary N) is 1. The molecule has 0 atom stereocenters. The van der Waals surface area contributed by atoms with Crippen LogP contribution < -0.4 is 15.8 Å². The van der Waals surface area contributed by atoms with Gasteiger partial charge in [0.15, 0.2) is 5.96 Å². The molecule has 0 saturated heterocycles. The van der Waals surface area contributed by atoms with Crippen molar-refractivity contribution in [2.45, 2.75) is 6.54 Å². The lowest BCUT2D eigenvalue weighted by atomic mass is 10.2. The standard InChI is InChI=1S/C15H16ClN3O/c1-20-12-7-8-13(16)14(9-12)19-15(17)18-10-11-5-3-2-4-6-11/h2-9H,10H2,1H3,(H3,17,18,19). The summed E-state index contributed by atoms with van der Waals surface area (Å²) in [5.74, 6) is 1.01. The van der Waals surface area contributed by atoms with Gasteiger partial charge < -0.3 is 15.8 Å². The molecule has 0 aliphatic carbocycles. The van der Waals surface area contributed by atoms with Crippen molar-refractivity contribution < 1.29 is 4.74 Å². The number of guanidine groups is 1. The van der Waals surface area contributed by atoms with Crippen molar-refractivity contribution in [3.05, 3.63) is 59.1 Å². The molecule has 3 N–H and O–H groups in total. The van der Waals surface area contributed by atoms with Crippen molar-refractivity contribution in [3.63, 3.8) is 0 Å². The van der Waals surface area contributed by atoms with Crippen molar-refractivity contribution in [2.24, 2.45) is 10.7 Å². The summed E-state index contributed by atoms with van der Waals surface area (Å²) in [6.07, 6.45) is 0. The number of hydrogen-bond donors (Lipinski definition) is 2. The van der Waals surface area contributed by atoms with E-state index in [9.17, 15) is 0 Å². The second-order valence-corrected chi connectivity index (χ2v) is 4.57. The van der Waals surface area contributed by atoms with Gasteiger partial charge in [0.05, 0.1) is 24.4 Å². The van der Waals surface area contributed by atoms with Crippen molar-refractivity contribution in [1.82, 2.24) is 0 Å².